The standard InChI is InChI=1S/C16H20ClN3/c1-11-7-8-13(17)9-15(11)20-10-12(2)18-16(20)19-14-5-3-4-6-14/h7-10,14H,3-6H2,1-2H3,(H,18,19). The van der Waals surface area contributed by atoms with E-state index in [9.17, 15) is 0 Å². The lowest BCUT2D eigenvalue weighted by Gasteiger charge is -2.16. The van der Waals surface area contributed by atoms with Gasteiger partial charge in [0.05, 0.1) is 11.4 Å². The fourth-order valence-electron chi connectivity index (χ4n) is 2.88. The van der Waals surface area contributed by atoms with Crippen LogP contribution in [-0.2, 0) is 0 Å². The van der Waals surface area contributed by atoms with Crippen molar-refractivity contribution in [3.05, 3.63) is 40.7 Å². The fourth-order valence-corrected chi connectivity index (χ4v) is 3.04. The summed E-state index contributed by atoms with van der Waals surface area (Å²) in [6, 6.07) is 6.52. The highest BCUT2D eigenvalue weighted by molar-refractivity contribution is 6.30. The van der Waals surface area contributed by atoms with Crippen molar-refractivity contribution < 1.29 is 0 Å². The normalized spacial score (nSPS) is 15.8. The number of hydrogen-bond acceptors (Lipinski definition) is 2. The van der Waals surface area contributed by atoms with Gasteiger partial charge in [0.1, 0.15) is 0 Å². The number of anilines is 1. The first-order chi connectivity index (χ1) is 9.63. The van der Waals surface area contributed by atoms with Gasteiger partial charge in [0.15, 0.2) is 0 Å². The maximum Gasteiger partial charge on any atom is 0.207 e. The zero-order chi connectivity index (χ0) is 14.1. The lowest BCUT2D eigenvalue weighted by Crippen LogP contribution is -2.17. The Labute approximate surface area is 125 Å². The molecule has 106 valence electrons. The first-order valence-electron chi connectivity index (χ1n) is 7.22. The molecule has 0 bridgehead atoms. The predicted molar refractivity (Wildman–Crippen MR) is 83.9 cm³/mol. The van der Waals surface area contributed by atoms with Crippen LogP contribution in [0.1, 0.15) is 36.9 Å². The van der Waals surface area contributed by atoms with E-state index in [1.807, 2.05) is 25.1 Å². The monoisotopic (exact) mass is 289 g/mol. The number of imidazole rings is 1. The van der Waals surface area contributed by atoms with E-state index in [0.29, 0.717) is 6.04 Å². The number of aryl methyl sites for hydroxylation is 2. The van der Waals surface area contributed by atoms with E-state index >= 15 is 0 Å². The lowest BCUT2D eigenvalue weighted by molar-refractivity contribution is 0.740. The first-order valence-corrected chi connectivity index (χ1v) is 7.60. The van der Waals surface area contributed by atoms with Crippen LogP contribution < -0.4 is 5.32 Å². The molecule has 0 amide bonds. The third kappa shape index (κ3) is 2.68. The van der Waals surface area contributed by atoms with Crippen molar-refractivity contribution in [3.63, 3.8) is 0 Å². The average Bonchev–Trinajstić information content (AvgIpc) is 3.03. The lowest BCUT2D eigenvalue weighted by atomic mass is 10.2. The Morgan fingerprint density at radius 3 is 2.75 bits per heavy atom. The van der Waals surface area contributed by atoms with Gasteiger partial charge in [0, 0.05) is 17.3 Å². The average molecular weight is 290 g/mol. The minimum atomic E-state index is 0.551. The summed E-state index contributed by atoms with van der Waals surface area (Å²) in [5.41, 5.74) is 3.31. The van der Waals surface area contributed by atoms with Crippen molar-refractivity contribution in [3.8, 4) is 5.69 Å². The van der Waals surface area contributed by atoms with Crippen LogP contribution in [0.3, 0.4) is 0 Å². The van der Waals surface area contributed by atoms with Crippen LogP contribution in [0.4, 0.5) is 5.95 Å². The Hall–Kier alpha value is -1.48. The van der Waals surface area contributed by atoms with Crippen molar-refractivity contribution in [1.29, 1.82) is 0 Å². The molecule has 0 spiro atoms. The second-order valence-electron chi connectivity index (χ2n) is 5.63. The molecule has 1 aliphatic rings. The number of benzene rings is 1. The quantitative estimate of drug-likeness (QED) is 0.902. The molecule has 1 saturated carbocycles. The molecule has 1 aromatic carbocycles. The van der Waals surface area contributed by atoms with Crippen LogP contribution in [0, 0.1) is 13.8 Å². The smallest absolute Gasteiger partial charge is 0.207 e. The molecule has 0 radical (unpaired) electrons. The second-order valence-corrected chi connectivity index (χ2v) is 6.07. The number of hydrogen-bond donors (Lipinski definition) is 1. The van der Waals surface area contributed by atoms with Crippen molar-refractivity contribution in [2.24, 2.45) is 0 Å². The van der Waals surface area contributed by atoms with Gasteiger partial charge in [-0.2, -0.15) is 0 Å². The highest BCUT2D eigenvalue weighted by atomic mass is 35.5. The van der Waals surface area contributed by atoms with Gasteiger partial charge in [-0.25, -0.2) is 4.98 Å². The molecule has 1 heterocycles. The molecule has 3 nitrogen and oxygen atoms in total. The van der Waals surface area contributed by atoms with E-state index in [-0.39, 0.29) is 0 Å². The van der Waals surface area contributed by atoms with Crippen LogP contribution in [0.2, 0.25) is 5.02 Å². The summed E-state index contributed by atoms with van der Waals surface area (Å²) in [6.45, 7) is 4.12. The molecule has 2 aromatic rings. The number of halogens is 1. The molecule has 0 aliphatic heterocycles. The van der Waals surface area contributed by atoms with Crippen LogP contribution in [0.25, 0.3) is 5.69 Å². The third-order valence-electron chi connectivity index (χ3n) is 3.95. The molecule has 1 fully saturated rings. The van der Waals surface area contributed by atoms with E-state index < -0.39 is 0 Å². The topological polar surface area (TPSA) is 29.9 Å². The van der Waals surface area contributed by atoms with Gasteiger partial charge in [0.2, 0.25) is 5.95 Å². The summed E-state index contributed by atoms with van der Waals surface area (Å²) in [4.78, 5) is 4.63. The number of nitrogens with one attached hydrogen (secondary N) is 1. The van der Waals surface area contributed by atoms with Gasteiger partial charge >= 0.3 is 0 Å². The van der Waals surface area contributed by atoms with Crippen LogP contribution >= 0.6 is 11.6 Å². The maximum atomic E-state index is 6.14. The van der Waals surface area contributed by atoms with Gasteiger partial charge < -0.3 is 5.32 Å². The van der Waals surface area contributed by atoms with Gasteiger partial charge in [0.25, 0.3) is 0 Å². The number of nitrogens with zero attached hydrogens (tertiary/aromatic N) is 2. The fraction of sp³-hybridized carbons (Fsp3) is 0.438. The molecule has 20 heavy (non-hydrogen) atoms. The first kappa shape index (κ1) is 13.5. The molecule has 0 unspecified atom stereocenters. The Bertz CT molecular complexity index is 612. The minimum Gasteiger partial charge on any atom is -0.353 e. The molecule has 0 saturated heterocycles. The summed E-state index contributed by atoms with van der Waals surface area (Å²) in [5.74, 6) is 0.930. The van der Waals surface area contributed by atoms with Gasteiger partial charge in [-0.05, 0) is 44.4 Å². The van der Waals surface area contributed by atoms with Gasteiger partial charge in [-0.15, -0.1) is 0 Å². The Kier molecular flexibility index (Phi) is 3.70. The zero-order valence-electron chi connectivity index (χ0n) is 12.0. The summed E-state index contributed by atoms with van der Waals surface area (Å²) < 4.78 is 2.12. The highest BCUT2D eigenvalue weighted by Crippen LogP contribution is 2.26. The molecule has 3 rings (SSSR count). The molecule has 1 aromatic heterocycles. The van der Waals surface area contributed by atoms with Crippen LogP contribution in [-0.4, -0.2) is 15.6 Å². The van der Waals surface area contributed by atoms with Gasteiger partial charge in [-0.3, -0.25) is 4.57 Å². The Morgan fingerprint density at radius 1 is 1.25 bits per heavy atom. The third-order valence-corrected chi connectivity index (χ3v) is 4.18. The molecule has 1 aliphatic carbocycles. The second kappa shape index (κ2) is 5.49. The Morgan fingerprint density at radius 2 is 2.00 bits per heavy atom. The molecular formula is C16H20ClN3. The van der Waals surface area contributed by atoms with Crippen LogP contribution in [0.5, 0.6) is 0 Å². The molecule has 1 N–H and O–H groups in total. The Balaban J connectivity index is 1.97. The van der Waals surface area contributed by atoms with E-state index in [1.54, 1.807) is 0 Å². The summed E-state index contributed by atoms with van der Waals surface area (Å²) in [7, 11) is 0. The summed E-state index contributed by atoms with van der Waals surface area (Å²) in [6.07, 6.45) is 7.16. The van der Waals surface area contributed by atoms with Crippen molar-refractivity contribution in [2.75, 3.05) is 5.32 Å². The van der Waals surface area contributed by atoms with Gasteiger partial charge in [-0.1, -0.05) is 30.5 Å². The minimum absolute atomic E-state index is 0.551. The number of aromatic nitrogens is 2. The summed E-state index contributed by atoms with van der Waals surface area (Å²) in [5, 5.41) is 4.34. The van der Waals surface area contributed by atoms with Crippen molar-refractivity contribution in [1.82, 2.24) is 9.55 Å². The molecule has 4 heteroatoms. The van der Waals surface area contributed by atoms with E-state index in [4.69, 9.17) is 11.6 Å². The zero-order valence-corrected chi connectivity index (χ0v) is 12.7. The van der Waals surface area contributed by atoms with E-state index in [2.05, 4.69) is 28.0 Å². The van der Waals surface area contributed by atoms with Crippen molar-refractivity contribution >= 4 is 17.5 Å². The maximum absolute atomic E-state index is 6.14. The van der Waals surface area contributed by atoms with E-state index in [1.165, 1.54) is 31.2 Å². The largest absolute Gasteiger partial charge is 0.353 e. The summed E-state index contributed by atoms with van der Waals surface area (Å²) >= 11 is 6.14. The molecule has 0 atom stereocenters. The van der Waals surface area contributed by atoms with Crippen LogP contribution in [0.15, 0.2) is 24.4 Å². The SMILES string of the molecule is Cc1cn(-c2cc(Cl)ccc2C)c(NC2CCCC2)n1. The predicted octanol–water partition coefficient (Wildman–Crippen LogP) is 4.50. The number of rotatable bonds is 3. The van der Waals surface area contributed by atoms with Crippen molar-refractivity contribution in [2.45, 2.75) is 45.6 Å². The molecular weight excluding hydrogens is 270 g/mol. The highest BCUT2D eigenvalue weighted by Gasteiger charge is 2.18. The van der Waals surface area contributed by atoms with E-state index in [0.717, 1.165) is 22.4 Å².